The third-order valence-electron chi connectivity index (χ3n) is 5.09. The summed E-state index contributed by atoms with van der Waals surface area (Å²) in [6.07, 6.45) is 7.80. The van der Waals surface area contributed by atoms with E-state index < -0.39 is 0 Å². The normalized spacial score (nSPS) is 17.5. The molecular formula is C24H20N2. The highest BCUT2D eigenvalue weighted by Gasteiger charge is 2.29. The van der Waals surface area contributed by atoms with E-state index in [4.69, 9.17) is 0 Å². The van der Waals surface area contributed by atoms with Crippen molar-refractivity contribution in [3.05, 3.63) is 103 Å². The Morgan fingerprint density at radius 3 is 2.54 bits per heavy atom. The van der Waals surface area contributed by atoms with Crippen molar-refractivity contribution in [3.8, 4) is 0 Å². The molecule has 1 atom stereocenters. The Hall–Kier alpha value is -3.26. The zero-order valence-electron chi connectivity index (χ0n) is 14.5. The van der Waals surface area contributed by atoms with Gasteiger partial charge in [-0.05, 0) is 48.4 Å². The molecule has 0 aromatic heterocycles. The van der Waals surface area contributed by atoms with Crippen molar-refractivity contribution in [3.63, 3.8) is 0 Å². The lowest BCUT2D eigenvalue weighted by atomic mass is 9.87. The fourth-order valence-electron chi connectivity index (χ4n) is 3.92. The van der Waals surface area contributed by atoms with Crippen LogP contribution >= 0.6 is 0 Å². The molecule has 1 aliphatic heterocycles. The average Bonchev–Trinajstić information content (AvgIpc) is 2.70. The van der Waals surface area contributed by atoms with Crippen molar-refractivity contribution in [2.24, 2.45) is 0 Å². The highest BCUT2D eigenvalue weighted by atomic mass is 15.2. The Kier molecular flexibility index (Phi) is 3.60. The SMILES string of the molecule is C1=CC2CC(=C1)c1ccccc1N2c1cccc(Nc2ccccc2)c1. The van der Waals surface area contributed by atoms with Gasteiger partial charge < -0.3 is 10.2 Å². The van der Waals surface area contributed by atoms with Crippen LogP contribution in [0.1, 0.15) is 12.0 Å². The molecule has 1 N–H and O–H groups in total. The van der Waals surface area contributed by atoms with Crippen molar-refractivity contribution in [1.29, 1.82) is 0 Å². The molecule has 0 saturated carbocycles. The Morgan fingerprint density at radius 2 is 1.62 bits per heavy atom. The number of hydrogen-bond acceptors (Lipinski definition) is 2. The van der Waals surface area contributed by atoms with Gasteiger partial charge in [0.15, 0.2) is 0 Å². The maximum Gasteiger partial charge on any atom is 0.0566 e. The van der Waals surface area contributed by atoms with Crippen LogP contribution in [0.15, 0.2) is 97.1 Å². The molecule has 126 valence electrons. The quantitative estimate of drug-likeness (QED) is 0.604. The molecule has 26 heavy (non-hydrogen) atoms. The summed E-state index contributed by atoms with van der Waals surface area (Å²) in [5.74, 6) is 0. The van der Waals surface area contributed by atoms with E-state index in [1.54, 1.807) is 0 Å². The Balaban J connectivity index is 1.56. The molecule has 0 amide bonds. The molecule has 3 aromatic carbocycles. The fraction of sp³-hybridized carbons (Fsp3) is 0.0833. The number of nitrogens with one attached hydrogen (secondary N) is 1. The molecule has 2 heteroatoms. The van der Waals surface area contributed by atoms with Crippen LogP contribution in [0.4, 0.5) is 22.7 Å². The second-order valence-corrected chi connectivity index (χ2v) is 6.78. The van der Waals surface area contributed by atoms with E-state index in [1.807, 2.05) is 18.2 Å². The van der Waals surface area contributed by atoms with Gasteiger partial charge in [-0.25, -0.2) is 0 Å². The highest BCUT2D eigenvalue weighted by molar-refractivity contribution is 5.87. The third-order valence-corrected chi connectivity index (χ3v) is 5.09. The second kappa shape index (κ2) is 6.23. The first-order chi connectivity index (χ1) is 12.9. The van der Waals surface area contributed by atoms with Crippen LogP contribution in [0.3, 0.4) is 0 Å². The summed E-state index contributed by atoms with van der Waals surface area (Å²) in [5.41, 5.74) is 7.49. The van der Waals surface area contributed by atoms with Crippen LogP contribution in [0.5, 0.6) is 0 Å². The van der Waals surface area contributed by atoms with Gasteiger partial charge in [0.25, 0.3) is 0 Å². The summed E-state index contributed by atoms with van der Waals surface area (Å²) in [6, 6.07) is 28.1. The minimum Gasteiger partial charge on any atom is -0.355 e. The molecule has 1 unspecified atom stereocenters. The first-order valence-corrected chi connectivity index (χ1v) is 9.07. The predicted molar refractivity (Wildman–Crippen MR) is 110 cm³/mol. The lowest BCUT2D eigenvalue weighted by molar-refractivity contribution is 0.776. The largest absolute Gasteiger partial charge is 0.355 e. The van der Waals surface area contributed by atoms with Gasteiger partial charge >= 0.3 is 0 Å². The molecule has 1 aliphatic carbocycles. The van der Waals surface area contributed by atoms with E-state index in [1.165, 1.54) is 22.5 Å². The zero-order valence-corrected chi connectivity index (χ0v) is 14.5. The Morgan fingerprint density at radius 1 is 0.808 bits per heavy atom. The number of benzene rings is 3. The lowest BCUT2D eigenvalue weighted by Gasteiger charge is -2.40. The first-order valence-electron chi connectivity index (χ1n) is 9.07. The smallest absolute Gasteiger partial charge is 0.0566 e. The number of nitrogens with zero attached hydrogens (tertiary/aromatic N) is 1. The van der Waals surface area contributed by atoms with Gasteiger partial charge in [-0.1, -0.05) is 60.7 Å². The third kappa shape index (κ3) is 2.60. The molecule has 2 aliphatic rings. The molecular weight excluding hydrogens is 316 g/mol. The number of hydrogen-bond donors (Lipinski definition) is 1. The van der Waals surface area contributed by atoms with E-state index >= 15 is 0 Å². The molecule has 0 spiro atoms. The molecule has 0 fully saturated rings. The Labute approximate surface area is 154 Å². The minimum atomic E-state index is 0.372. The van der Waals surface area contributed by atoms with Crippen molar-refractivity contribution < 1.29 is 0 Å². The van der Waals surface area contributed by atoms with E-state index in [2.05, 4.69) is 89.1 Å². The summed E-state index contributed by atoms with van der Waals surface area (Å²) in [6.45, 7) is 0. The molecule has 0 radical (unpaired) electrons. The fourth-order valence-corrected chi connectivity index (χ4v) is 3.92. The number of allylic oxidation sites excluding steroid dienone is 2. The lowest BCUT2D eigenvalue weighted by Crippen LogP contribution is -2.34. The first kappa shape index (κ1) is 15.0. The highest BCUT2D eigenvalue weighted by Crippen LogP contribution is 2.44. The van der Waals surface area contributed by atoms with Crippen LogP contribution in [-0.2, 0) is 0 Å². The number of para-hydroxylation sites is 2. The summed E-state index contributed by atoms with van der Waals surface area (Å²) in [5, 5.41) is 3.51. The van der Waals surface area contributed by atoms with Gasteiger partial charge in [0.05, 0.1) is 6.04 Å². The Bertz CT molecular complexity index is 1000. The summed E-state index contributed by atoms with van der Waals surface area (Å²) >= 11 is 0. The van der Waals surface area contributed by atoms with Crippen molar-refractivity contribution in [1.82, 2.24) is 0 Å². The zero-order chi connectivity index (χ0) is 17.3. The van der Waals surface area contributed by atoms with Crippen LogP contribution in [-0.4, -0.2) is 6.04 Å². The molecule has 2 nitrogen and oxygen atoms in total. The van der Waals surface area contributed by atoms with E-state index in [-0.39, 0.29) is 0 Å². The average molecular weight is 336 g/mol. The van der Waals surface area contributed by atoms with Crippen LogP contribution in [0.2, 0.25) is 0 Å². The second-order valence-electron chi connectivity index (χ2n) is 6.78. The molecule has 0 saturated heterocycles. The molecule has 2 bridgehead atoms. The van der Waals surface area contributed by atoms with Gasteiger partial charge in [-0.2, -0.15) is 0 Å². The van der Waals surface area contributed by atoms with E-state index in [0.29, 0.717) is 6.04 Å². The van der Waals surface area contributed by atoms with Gasteiger partial charge in [0, 0.05) is 28.3 Å². The van der Waals surface area contributed by atoms with Gasteiger partial charge in [0.1, 0.15) is 0 Å². The maximum atomic E-state index is 3.51. The molecule has 3 aromatic rings. The van der Waals surface area contributed by atoms with Gasteiger partial charge in [-0.15, -0.1) is 0 Å². The standard InChI is InChI=1S/C24H20N2/c1-2-9-19(10-3-1)25-20-11-7-13-22(17-20)26-21-12-6-8-18(16-21)23-14-4-5-15-24(23)26/h1-15,17,21,25H,16H2. The van der Waals surface area contributed by atoms with Crippen molar-refractivity contribution >= 4 is 28.3 Å². The van der Waals surface area contributed by atoms with Crippen LogP contribution in [0, 0.1) is 0 Å². The predicted octanol–water partition coefficient (Wildman–Crippen LogP) is 6.29. The summed E-state index contributed by atoms with van der Waals surface area (Å²) in [7, 11) is 0. The topological polar surface area (TPSA) is 15.3 Å². The van der Waals surface area contributed by atoms with Gasteiger partial charge in [0.2, 0.25) is 0 Å². The number of anilines is 4. The molecule has 5 rings (SSSR count). The molecule has 1 heterocycles. The number of fused-ring (bicyclic) bond motifs is 4. The summed E-state index contributed by atoms with van der Waals surface area (Å²) < 4.78 is 0. The van der Waals surface area contributed by atoms with E-state index in [9.17, 15) is 0 Å². The monoisotopic (exact) mass is 336 g/mol. The maximum absolute atomic E-state index is 3.51. The van der Waals surface area contributed by atoms with Crippen molar-refractivity contribution in [2.75, 3.05) is 10.2 Å². The van der Waals surface area contributed by atoms with Crippen LogP contribution < -0.4 is 10.2 Å². The summed E-state index contributed by atoms with van der Waals surface area (Å²) in [4.78, 5) is 2.46. The van der Waals surface area contributed by atoms with Crippen LogP contribution in [0.25, 0.3) is 5.57 Å². The van der Waals surface area contributed by atoms with E-state index in [0.717, 1.165) is 17.8 Å². The van der Waals surface area contributed by atoms with Crippen molar-refractivity contribution in [2.45, 2.75) is 12.5 Å². The minimum absolute atomic E-state index is 0.372. The van der Waals surface area contributed by atoms with Gasteiger partial charge in [-0.3, -0.25) is 0 Å². The number of rotatable bonds is 3.